The second-order valence-corrected chi connectivity index (χ2v) is 15.6. The van der Waals surface area contributed by atoms with Crippen molar-refractivity contribution in [3.63, 3.8) is 0 Å². The Kier molecular flexibility index (Phi) is 7.92. The normalized spacial score (nSPS) is 19.7. The summed E-state index contributed by atoms with van der Waals surface area (Å²) < 4.78 is 4.89. The van der Waals surface area contributed by atoms with Crippen molar-refractivity contribution in [2.75, 3.05) is 0 Å². The molecule has 0 radical (unpaired) electrons. The maximum Gasteiger partial charge on any atom is 0.126 e. The van der Waals surface area contributed by atoms with Crippen LogP contribution < -0.4 is 5.43 Å². The largest absolute Gasteiger partial charge is 0.309 e. The van der Waals surface area contributed by atoms with E-state index in [9.17, 15) is 0 Å². The Labute approximate surface area is 332 Å². The zero-order chi connectivity index (χ0) is 37.9. The smallest absolute Gasteiger partial charge is 0.126 e. The second kappa shape index (κ2) is 13.5. The lowest BCUT2D eigenvalue weighted by Crippen LogP contribution is -2.37. The fourth-order valence-electron chi connectivity index (χ4n) is 9.00. The molecule has 2 aromatic heterocycles. The van der Waals surface area contributed by atoms with Crippen LogP contribution in [0.4, 0.5) is 0 Å². The van der Waals surface area contributed by atoms with Gasteiger partial charge in [-0.2, -0.15) is 5.01 Å². The molecule has 2 aliphatic rings. The van der Waals surface area contributed by atoms with E-state index in [1.54, 1.807) is 0 Å². The lowest BCUT2D eigenvalue weighted by Gasteiger charge is -2.33. The third-order valence-electron chi connectivity index (χ3n) is 11.9. The summed E-state index contributed by atoms with van der Waals surface area (Å²) in [6, 6.07) is 61.4. The summed E-state index contributed by atoms with van der Waals surface area (Å²) in [4.78, 5) is 5.25. The number of hydrogen-bond donors (Lipinski definition) is 1. The molecule has 5 nitrogen and oxygen atoms in total. The van der Waals surface area contributed by atoms with Crippen LogP contribution in [0.1, 0.15) is 30.6 Å². The zero-order valence-corrected chi connectivity index (χ0v) is 31.7. The molecule has 0 spiro atoms. The average Bonchev–Trinajstić information content (AvgIpc) is 3.90. The predicted octanol–water partition coefficient (Wildman–Crippen LogP) is 12.3. The van der Waals surface area contributed by atoms with Crippen molar-refractivity contribution in [1.82, 2.24) is 19.6 Å². The Morgan fingerprint density at radius 1 is 0.579 bits per heavy atom. The molecular weight excluding hydrogens is 695 g/mol. The fourth-order valence-corrected chi connectivity index (χ4v) is 9.00. The molecule has 11 rings (SSSR count). The lowest BCUT2D eigenvalue weighted by molar-refractivity contribution is 0.202. The number of hydrogen-bond acceptors (Lipinski definition) is 3. The Morgan fingerprint density at radius 3 is 2.02 bits per heavy atom. The topological polar surface area (TPSA) is 47.2 Å². The Bertz CT molecular complexity index is 3040. The van der Waals surface area contributed by atoms with Gasteiger partial charge in [0, 0.05) is 44.5 Å². The van der Waals surface area contributed by atoms with Crippen molar-refractivity contribution >= 4 is 49.8 Å². The molecule has 1 N–H and O–H groups in total. The zero-order valence-electron chi connectivity index (χ0n) is 31.7. The predicted molar refractivity (Wildman–Crippen MR) is 237 cm³/mol. The van der Waals surface area contributed by atoms with Crippen LogP contribution in [0.25, 0.3) is 66.1 Å². The number of hydrazine groups is 1. The quantitative estimate of drug-likeness (QED) is 0.125. The third-order valence-corrected chi connectivity index (χ3v) is 11.9. The SMILES string of the molecule is CC1(C(N=Cc2ccccc2)N2NC2c2cccc(-n3c4cc(-c5ccccc5)ccc4c4cc5c6ccccc6n(-c6ccccc6)c5cc43)c2)C=CC=CC1. The third kappa shape index (κ3) is 5.74. The van der Waals surface area contributed by atoms with E-state index < -0.39 is 0 Å². The van der Waals surface area contributed by atoms with E-state index in [1.807, 2.05) is 12.3 Å². The minimum atomic E-state index is -0.164. The van der Waals surface area contributed by atoms with Gasteiger partial charge >= 0.3 is 0 Å². The maximum absolute atomic E-state index is 5.25. The van der Waals surface area contributed by atoms with Gasteiger partial charge in [-0.1, -0.05) is 153 Å². The number of allylic oxidation sites excluding steroid dienone is 3. The van der Waals surface area contributed by atoms with Crippen LogP contribution in [0.3, 0.4) is 0 Å². The molecule has 0 amide bonds. The summed E-state index contributed by atoms with van der Waals surface area (Å²) >= 11 is 0. The average molecular weight is 736 g/mol. The molecule has 274 valence electrons. The van der Waals surface area contributed by atoms with E-state index in [2.05, 4.69) is 215 Å². The summed E-state index contributed by atoms with van der Waals surface area (Å²) in [5, 5.41) is 7.30. The number of nitrogens with zero attached hydrogens (tertiary/aromatic N) is 4. The molecular formula is C52H41N5. The van der Waals surface area contributed by atoms with E-state index in [0.717, 1.165) is 23.4 Å². The number of nitrogens with one attached hydrogen (secondary N) is 1. The highest BCUT2D eigenvalue weighted by atomic mass is 15.8. The number of aliphatic imine (C=N–C) groups is 1. The van der Waals surface area contributed by atoms with Crippen molar-refractivity contribution in [1.29, 1.82) is 0 Å². The number of benzene rings is 7. The summed E-state index contributed by atoms with van der Waals surface area (Å²) in [5.74, 6) is 0. The van der Waals surface area contributed by atoms with E-state index in [1.165, 1.54) is 60.3 Å². The first-order chi connectivity index (χ1) is 28.1. The lowest BCUT2D eigenvalue weighted by atomic mass is 9.80. The fraction of sp³-hybridized carbons (Fsp3) is 0.0962. The highest BCUT2D eigenvalue weighted by molar-refractivity contribution is 6.19. The second-order valence-electron chi connectivity index (χ2n) is 15.6. The van der Waals surface area contributed by atoms with Gasteiger partial charge in [0.1, 0.15) is 12.3 Å². The van der Waals surface area contributed by atoms with Gasteiger partial charge in [0.25, 0.3) is 0 Å². The maximum atomic E-state index is 5.25. The first-order valence-electron chi connectivity index (χ1n) is 19.8. The van der Waals surface area contributed by atoms with Gasteiger partial charge < -0.3 is 9.13 Å². The molecule has 1 saturated heterocycles. The Balaban J connectivity index is 1.08. The molecule has 57 heavy (non-hydrogen) atoms. The molecule has 0 bridgehead atoms. The number of para-hydroxylation sites is 2. The summed E-state index contributed by atoms with van der Waals surface area (Å²) in [5.41, 5.74) is 15.3. The van der Waals surface area contributed by atoms with Crippen molar-refractivity contribution < 1.29 is 0 Å². The molecule has 4 atom stereocenters. The molecule has 1 aliphatic heterocycles. The van der Waals surface area contributed by atoms with Crippen LogP contribution in [-0.2, 0) is 0 Å². The van der Waals surface area contributed by atoms with Gasteiger partial charge in [-0.3, -0.25) is 4.99 Å². The van der Waals surface area contributed by atoms with E-state index >= 15 is 0 Å². The molecule has 0 saturated carbocycles. The molecule has 4 unspecified atom stereocenters. The van der Waals surface area contributed by atoms with Crippen molar-refractivity contribution in [3.8, 4) is 22.5 Å². The van der Waals surface area contributed by atoms with Gasteiger partial charge in [-0.15, -0.1) is 0 Å². The number of rotatable bonds is 8. The van der Waals surface area contributed by atoms with Gasteiger partial charge in [-0.25, -0.2) is 5.43 Å². The molecule has 1 fully saturated rings. The van der Waals surface area contributed by atoms with Crippen molar-refractivity contribution in [2.45, 2.75) is 25.7 Å². The number of fused-ring (bicyclic) bond motifs is 6. The molecule has 5 heteroatoms. The van der Waals surface area contributed by atoms with E-state index in [-0.39, 0.29) is 17.7 Å². The van der Waals surface area contributed by atoms with Crippen LogP contribution in [0.5, 0.6) is 0 Å². The first kappa shape index (κ1) is 33.5. The van der Waals surface area contributed by atoms with Crippen LogP contribution in [0.15, 0.2) is 199 Å². The van der Waals surface area contributed by atoms with Crippen LogP contribution in [-0.4, -0.2) is 26.5 Å². The minimum Gasteiger partial charge on any atom is -0.309 e. The Morgan fingerprint density at radius 2 is 1.25 bits per heavy atom. The van der Waals surface area contributed by atoms with Crippen LogP contribution >= 0.6 is 0 Å². The number of aromatic nitrogens is 2. The van der Waals surface area contributed by atoms with Gasteiger partial charge in [0.15, 0.2) is 0 Å². The van der Waals surface area contributed by atoms with Gasteiger partial charge in [0.2, 0.25) is 0 Å². The monoisotopic (exact) mass is 735 g/mol. The summed E-state index contributed by atoms with van der Waals surface area (Å²) in [6.07, 6.45) is 11.7. The van der Waals surface area contributed by atoms with E-state index in [0.29, 0.717) is 0 Å². The first-order valence-corrected chi connectivity index (χ1v) is 19.8. The van der Waals surface area contributed by atoms with Crippen LogP contribution in [0, 0.1) is 5.41 Å². The highest BCUT2D eigenvalue weighted by Gasteiger charge is 2.47. The molecule has 3 heterocycles. The Hall–Kier alpha value is -6.79. The van der Waals surface area contributed by atoms with Crippen molar-refractivity contribution in [3.05, 3.63) is 205 Å². The molecule has 7 aromatic carbocycles. The summed E-state index contributed by atoms with van der Waals surface area (Å²) in [7, 11) is 0. The van der Waals surface area contributed by atoms with Gasteiger partial charge in [-0.05, 0) is 77.2 Å². The van der Waals surface area contributed by atoms with Crippen LogP contribution in [0.2, 0.25) is 0 Å². The van der Waals surface area contributed by atoms with Gasteiger partial charge in [0.05, 0.1) is 22.1 Å². The summed E-state index contributed by atoms with van der Waals surface area (Å²) in [6.45, 7) is 2.31. The minimum absolute atomic E-state index is 0.0271. The molecule has 9 aromatic rings. The highest BCUT2D eigenvalue weighted by Crippen LogP contribution is 2.44. The molecule has 1 aliphatic carbocycles. The standard InChI is InChI=1S/C52H41N5/c1-52(29-14-5-15-30-52)51(53-35-36-17-6-2-7-18-36)57-50(54-57)39-21-16-24-41(31-39)56-47-32-38(37-19-8-3-9-20-37)27-28-43(47)45-33-44-42-25-12-13-26-46(42)55(48(44)34-49(45)56)40-22-10-4-11-23-40/h2-29,31-35,50-51,54H,30H2,1H3. The van der Waals surface area contributed by atoms with E-state index in [4.69, 9.17) is 4.99 Å². The van der Waals surface area contributed by atoms with Crippen molar-refractivity contribution in [2.24, 2.45) is 10.4 Å².